The van der Waals surface area contributed by atoms with Gasteiger partial charge < -0.3 is 5.11 Å². The van der Waals surface area contributed by atoms with Gasteiger partial charge in [-0.25, -0.2) is 4.98 Å². The Kier molecular flexibility index (Phi) is 3.27. The number of aromatic nitrogens is 4. The van der Waals surface area contributed by atoms with Gasteiger partial charge in [0.25, 0.3) is 5.88 Å². The van der Waals surface area contributed by atoms with Gasteiger partial charge in [-0.15, -0.1) is 10.2 Å². The van der Waals surface area contributed by atoms with Gasteiger partial charge >= 0.3 is 0 Å². The number of halogens is 1. The summed E-state index contributed by atoms with van der Waals surface area (Å²) in [5, 5.41) is 18.6. The molecular formula is C12H9ClN4OS. The average Bonchev–Trinajstić information content (AvgIpc) is 2.90. The maximum absolute atomic E-state index is 9.52. The number of hydrogen-bond acceptors (Lipinski definition) is 5. The summed E-state index contributed by atoms with van der Waals surface area (Å²) in [5.74, 6) is 0.574. The second-order valence-electron chi connectivity index (χ2n) is 3.84. The van der Waals surface area contributed by atoms with Gasteiger partial charge in [0.2, 0.25) is 5.65 Å². The fourth-order valence-corrected chi connectivity index (χ4v) is 2.63. The molecule has 0 fully saturated rings. The van der Waals surface area contributed by atoms with Crippen molar-refractivity contribution in [2.75, 3.05) is 0 Å². The smallest absolute Gasteiger partial charge is 0.275 e. The predicted molar refractivity (Wildman–Crippen MR) is 73.5 cm³/mol. The highest BCUT2D eigenvalue weighted by atomic mass is 35.5. The highest BCUT2D eigenvalue weighted by molar-refractivity contribution is 7.98. The lowest BCUT2D eigenvalue weighted by molar-refractivity contribution is 0.441. The van der Waals surface area contributed by atoms with Crippen LogP contribution in [0.25, 0.3) is 5.65 Å². The molecule has 0 bridgehead atoms. The Bertz CT molecular complexity index is 713. The molecule has 0 saturated heterocycles. The van der Waals surface area contributed by atoms with E-state index >= 15 is 0 Å². The zero-order valence-corrected chi connectivity index (χ0v) is 11.3. The molecule has 2 aromatic heterocycles. The van der Waals surface area contributed by atoms with Gasteiger partial charge in [-0.1, -0.05) is 35.5 Å². The van der Waals surface area contributed by atoms with Crippen molar-refractivity contribution in [3.8, 4) is 5.88 Å². The van der Waals surface area contributed by atoms with Gasteiger partial charge in [-0.3, -0.25) is 4.40 Å². The third-order valence-corrected chi connectivity index (χ3v) is 3.82. The molecule has 96 valence electrons. The first kappa shape index (κ1) is 12.3. The molecule has 0 unspecified atom stereocenters. The monoisotopic (exact) mass is 292 g/mol. The normalized spacial score (nSPS) is 11.0. The Labute approximate surface area is 118 Å². The van der Waals surface area contributed by atoms with E-state index < -0.39 is 0 Å². The van der Waals surface area contributed by atoms with Crippen LogP contribution in [0.3, 0.4) is 0 Å². The van der Waals surface area contributed by atoms with E-state index in [0.717, 1.165) is 16.3 Å². The van der Waals surface area contributed by atoms with Crippen molar-refractivity contribution >= 4 is 29.0 Å². The van der Waals surface area contributed by atoms with E-state index in [1.165, 1.54) is 11.8 Å². The molecule has 1 N–H and O–H groups in total. The fraction of sp³-hybridized carbons (Fsp3) is 0.0833. The van der Waals surface area contributed by atoms with E-state index in [0.29, 0.717) is 10.8 Å². The second kappa shape index (κ2) is 5.07. The minimum Gasteiger partial charge on any atom is -0.490 e. The van der Waals surface area contributed by atoms with Crippen LogP contribution in [0.4, 0.5) is 0 Å². The Morgan fingerprint density at radius 3 is 2.79 bits per heavy atom. The molecule has 5 nitrogen and oxygen atoms in total. The summed E-state index contributed by atoms with van der Waals surface area (Å²) in [5.41, 5.74) is 1.55. The van der Waals surface area contributed by atoms with Gasteiger partial charge in [0.1, 0.15) is 0 Å². The van der Waals surface area contributed by atoms with Crippen LogP contribution in [0, 0.1) is 0 Å². The molecular weight excluding hydrogens is 284 g/mol. The third-order valence-electron chi connectivity index (χ3n) is 2.56. The summed E-state index contributed by atoms with van der Waals surface area (Å²) in [6.45, 7) is 0. The molecule has 0 aliphatic carbocycles. The van der Waals surface area contributed by atoms with Crippen molar-refractivity contribution in [2.24, 2.45) is 0 Å². The first-order chi connectivity index (χ1) is 9.24. The maximum Gasteiger partial charge on any atom is 0.275 e. The summed E-state index contributed by atoms with van der Waals surface area (Å²) >= 11 is 7.36. The molecule has 1 aromatic carbocycles. The van der Waals surface area contributed by atoms with Crippen LogP contribution in [0.1, 0.15) is 5.56 Å². The lowest BCUT2D eigenvalue weighted by Gasteiger charge is -2.04. The standard InChI is InChI=1S/C12H9ClN4OS/c13-9-3-1-8(2-4-9)7-19-12-16-15-11(18)10-14-5-6-17(10)12/h1-6H,7H2,(H,15,18). The Morgan fingerprint density at radius 2 is 2.00 bits per heavy atom. The number of aromatic hydroxyl groups is 1. The third kappa shape index (κ3) is 2.50. The molecule has 0 saturated carbocycles. The quantitative estimate of drug-likeness (QED) is 0.752. The topological polar surface area (TPSA) is 63.3 Å². The molecule has 3 aromatic rings. The van der Waals surface area contributed by atoms with Crippen molar-refractivity contribution in [1.82, 2.24) is 19.6 Å². The van der Waals surface area contributed by atoms with E-state index in [-0.39, 0.29) is 5.88 Å². The minimum absolute atomic E-state index is 0.166. The van der Waals surface area contributed by atoms with Crippen molar-refractivity contribution in [3.63, 3.8) is 0 Å². The number of nitrogens with zero attached hydrogens (tertiary/aromatic N) is 4. The Hall–Kier alpha value is -1.79. The maximum atomic E-state index is 9.52. The Balaban J connectivity index is 1.84. The van der Waals surface area contributed by atoms with Crippen molar-refractivity contribution < 1.29 is 5.11 Å². The SMILES string of the molecule is Oc1nnc(SCc2ccc(Cl)cc2)n2ccnc12. The van der Waals surface area contributed by atoms with E-state index in [1.807, 2.05) is 24.3 Å². The minimum atomic E-state index is -0.166. The molecule has 0 radical (unpaired) electrons. The predicted octanol–water partition coefficient (Wildman–Crippen LogP) is 2.78. The first-order valence-corrected chi connectivity index (χ1v) is 6.86. The summed E-state index contributed by atoms with van der Waals surface area (Å²) in [7, 11) is 0. The highest BCUT2D eigenvalue weighted by Gasteiger charge is 2.09. The van der Waals surface area contributed by atoms with E-state index in [2.05, 4.69) is 15.2 Å². The molecule has 3 rings (SSSR count). The molecule has 0 aliphatic rings. The summed E-state index contributed by atoms with van der Waals surface area (Å²) in [4.78, 5) is 4.03. The van der Waals surface area contributed by atoms with Gasteiger partial charge in [-0.05, 0) is 17.7 Å². The molecule has 0 amide bonds. The molecule has 7 heteroatoms. The van der Waals surface area contributed by atoms with Gasteiger partial charge in [0.15, 0.2) is 5.16 Å². The summed E-state index contributed by atoms with van der Waals surface area (Å²) < 4.78 is 1.71. The number of benzene rings is 1. The number of imidazole rings is 1. The Morgan fingerprint density at radius 1 is 1.21 bits per heavy atom. The number of thioether (sulfide) groups is 1. The first-order valence-electron chi connectivity index (χ1n) is 5.50. The summed E-state index contributed by atoms with van der Waals surface area (Å²) in [6, 6.07) is 7.64. The number of fused-ring (bicyclic) bond motifs is 1. The van der Waals surface area contributed by atoms with Gasteiger partial charge in [-0.2, -0.15) is 0 Å². The van der Waals surface area contributed by atoms with Crippen molar-refractivity contribution in [3.05, 3.63) is 47.2 Å². The van der Waals surface area contributed by atoms with Crippen LogP contribution in [0.2, 0.25) is 5.02 Å². The molecule has 19 heavy (non-hydrogen) atoms. The number of hydrogen-bond donors (Lipinski definition) is 1. The van der Waals surface area contributed by atoms with Gasteiger partial charge in [0, 0.05) is 23.2 Å². The van der Waals surface area contributed by atoms with Crippen LogP contribution >= 0.6 is 23.4 Å². The lowest BCUT2D eigenvalue weighted by Crippen LogP contribution is -1.97. The van der Waals surface area contributed by atoms with E-state index in [4.69, 9.17) is 11.6 Å². The fourth-order valence-electron chi connectivity index (χ4n) is 1.63. The average molecular weight is 293 g/mol. The van der Waals surface area contributed by atoms with E-state index in [9.17, 15) is 5.11 Å². The zero-order valence-electron chi connectivity index (χ0n) is 9.69. The zero-order chi connectivity index (χ0) is 13.2. The van der Waals surface area contributed by atoms with Crippen LogP contribution in [-0.4, -0.2) is 24.7 Å². The van der Waals surface area contributed by atoms with Crippen molar-refractivity contribution in [1.29, 1.82) is 0 Å². The molecule has 2 heterocycles. The molecule has 0 atom stereocenters. The molecule has 0 aliphatic heterocycles. The van der Waals surface area contributed by atoms with Crippen LogP contribution in [0.5, 0.6) is 5.88 Å². The second-order valence-corrected chi connectivity index (χ2v) is 5.22. The lowest BCUT2D eigenvalue weighted by atomic mass is 10.2. The van der Waals surface area contributed by atoms with E-state index in [1.54, 1.807) is 16.8 Å². The van der Waals surface area contributed by atoms with Gasteiger partial charge in [0.05, 0.1) is 0 Å². The number of rotatable bonds is 3. The largest absolute Gasteiger partial charge is 0.490 e. The highest BCUT2D eigenvalue weighted by Crippen LogP contribution is 2.24. The molecule has 0 spiro atoms. The van der Waals surface area contributed by atoms with Crippen LogP contribution in [-0.2, 0) is 5.75 Å². The van der Waals surface area contributed by atoms with Crippen LogP contribution in [0.15, 0.2) is 41.8 Å². The van der Waals surface area contributed by atoms with Crippen LogP contribution < -0.4 is 0 Å². The van der Waals surface area contributed by atoms with Crippen molar-refractivity contribution in [2.45, 2.75) is 10.9 Å². The summed E-state index contributed by atoms with van der Waals surface area (Å²) in [6.07, 6.45) is 3.35.